The zero-order chi connectivity index (χ0) is 13.0. The third kappa shape index (κ3) is 3.47. The highest BCUT2D eigenvalue weighted by Crippen LogP contribution is 2.25. The van der Waals surface area contributed by atoms with Crippen molar-refractivity contribution >= 4 is 5.69 Å². The maximum atomic E-state index is 9.48. The summed E-state index contributed by atoms with van der Waals surface area (Å²) < 4.78 is 5.38. The average Bonchev–Trinajstić information content (AvgIpc) is 2.39. The third-order valence-electron chi connectivity index (χ3n) is 3.51. The lowest BCUT2D eigenvalue weighted by Gasteiger charge is -2.29. The smallest absolute Gasteiger partial charge is 0.0642 e. The van der Waals surface area contributed by atoms with Crippen molar-refractivity contribution < 1.29 is 9.84 Å². The van der Waals surface area contributed by atoms with Gasteiger partial charge in [-0.05, 0) is 37.0 Å². The van der Waals surface area contributed by atoms with Crippen molar-refractivity contribution in [2.45, 2.75) is 32.3 Å². The minimum absolute atomic E-state index is 0.243. The first kappa shape index (κ1) is 13.4. The molecule has 1 aliphatic rings. The van der Waals surface area contributed by atoms with Gasteiger partial charge in [-0.3, -0.25) is 0 Å². The summed E-state index contributed by atoms with van der Waals surface area (Å²) in [6.07, 6.45) is 0.569. The lowest BCUT2D eigenvalue weighted by molar-refractivity contribution is 0.122. The highest BCUT2D eigenvalue weighted by Gasteiger charge is 2.13. The van der Waals surface area contributed by atoms with Crippen LogP contribution in [0.1, 0.15) is 31.7 Å². The van der Waals surface area contributed by atoms with Gasteiger partial charge in [-0.25, -0.2) is 0 Å². The van der Waals surface area contributed by atoms with E-state index >= 15 is 0 Å². The molecule has 1 aromatic carbocycles. The van der Waals surface area contributed by atoms with Gasteiger partial charge in [0, 0.05) is 18.8 Å². The fourth-order valence-corrected chi connectivity index (χ4v) is 2.50. The third-order valence-corrected chi connectivity index (χ3v) is 3.51. The quantitative estimate of drug-likeness (QED) is 0.889. The van der Waals surface area contributed by atoms with Crippen molar-refractivity contribution in [2.75, 3.05) is 31.2 Å². The number of aliphatic hydroxyl groups excluding tert-OH is 1. The number of anilines is 1. The number of ether oxygens (including phenoxy) is 1. The van der Waals surface area contributed by atoms with Crippen LogP contribution in [0.4, 0.5) is 5.69 Å². The molecular weight excluding hydrogens is 226 g/mol. The van der Waals surface area contributed by atoms with Gasteiger partial charge in [-0.2, -0.15) is 0 Å². The number of aliphatic hydroxyl groups is 1. The molecule has 1 heterocycles. The van der Waals surface area contributed by atoms with Gasteiger partial charge in [-0.1, -0.05) is 19.1 Å². The first-order chi connectivity index (χ1) is 8.66. The zero-order valence-electron chi connectivity index (χ0n) is 11.3. The van der Waals surface area contributed by atoms with Gasteiger partial charge in [0.1, 0.15) is 0 Å². The molecule has 3 nitrogen and oxygen atoms in total. The van der Waals surface area contributed by atoms with Gasteiger partial charge in [0.15, 0.2) is 0 Å². The molecule has 3 heteroatoms. The molecule has 1 N–H and O–H groups in total. The van der Waals surface area contributed by atoms with Gasteiger partial charge in [0.2, 0.25) is 0 Å². The summed E-state index contributed by atoms with van der Waals surface area (Å²) in [4.78, 5) is 2.36. The second kappa shape index (κ2) is 6.21. The van der Waals surface area contributed by atoms with Crippen LogP contribution in [-0.2, 0) is 4.74 Å². The Hall–Kier alpha value is -1.06. The molecule has 0 aromatic heterocycles. The van der Waals surface area contributed by atoms with E-state index in [9.17, 15) is 5.11 Å². The molecule has 1 fully saturated rings. The van der Waals surface area contributed by atoms with Crippen LogP contribution in [0, 0.1) is 0 Å². The Morgan fingerprint density at radius 1 is 1.28 bits per heavy atom. The predicted molar refractivity (Wildman–Crippen MR) is 74.2 cm³/mol. The largest absolute Gasteiger partial charge is 0.393 e. The Kier molecular flexibility index (Phi) is 4.61. The predicted octanol–water partition coefficient (Wildman–Crippen LogP) is 2.40. The number of nitrogens with zero attached hydrogens (tertiary/aromatic N) is 1. The topological polar surface area (TPSA) is 32.7 Å². The maximum absolute atomic E-state index is 9.48. The normalized spacial score (nSPS) is 19.6. The minimum atomic E-state index is -0.243. The van der Waals surface area contributed by atoms with E-state index in [0.717, 1.165) is 32.7 Å². The molecule has 0 radical (unpaired) electrons. The SMILES string of the molecule is CC(O)CC(C)c1cccc(N2CCOCC2)c1. The van der Waals surface area contributed by atoms with Crippen LogP contribution < -0.4 is 4.90 Å². The van der Waals surface area contributed by atoms with Crippen molar-refractivity contribution in [2.24, 2.45) is 0 Å². The van der Waals surface area contributed by atoms with Crippen LogP contribution in [0.2, 0.25) is 0 Å². The van der Waals surface area contributed by atoms with Gasteiger partial charge in [-0.15, -0.1) is 0 Å². The van der Waals surface area contributed by atoms with E-state index in [1.165, 1.54) is 11.3 Å². The Balaban J connectivity index is 2.08. The molecule has 100 valence electrons. The van der Waals surface area contributed by atoms with Gasteiger partial charge < -0.3 is 14.7 Å². The van der Waals surface area contributed by atoms with Gasteiger partial charge in [0.05, 0.1) is 19.3 Å². The second-order valence-electron chi connectivity index (χ2n) is 5.18. The van der Waals surface area contributed by atoms with Crippen LogP contribution in [0.3, 0.4) is 0 Å². The monoisotopic (exact) mass is 249 g/mol. The minimum Gasteiger partial charge on any atom is -0.393 e. The van der Waals surface area contributed by atoms with Gasteiger partial charge in [0.25, 0.3) is 0 Å². The van der Waals surface area contributed by atoms with Crippen LogP contribution in [0.25, 0.3) is 0 Å². The summed E-state index contributed by atoms with van der Waals surface area (Å²) in [7, 11) is 0. The molecule has 1 saturated heterocycles. The number of hydrogen-bond donors (Lipinski definition) is 1. The summed E-state index contributed by atoms with van der Waals surface area (Å²) in [5.41, 5.74) is 2.58. The summed E-state index contributed by atoms with van der Waals surface area (Å²) in [5.74, 6) is 0.394. The Labute approximate surface area is 109 Å². The average molecular weight is 249 g/mol. The molecule has 0 spiro atoms. The van der Waals surface area contributed by atoms with E-state index in [1.54, 1.807) is 0 Å². The Morgan fingerprint density at radius 2 is 2.00 bits per heavy atom. The van der Waals surface area contributed by atoms with Crippen LogP contribution in [0.5, 0.6) is 0 Å². The first-order valence-electron chi connectivity index (χ1n) is 6.77. The summed E-state index contributed by atoms with van der Waals surface area (Å²) in [6, 6.07) is 8.66. The summed E-state index contributed by atoms with van der Waals surface area (Å²) in [6.45, 7) is 7.58. The number of benzene rings is 1. The maximum Gasteiger partial charge on any atom is 0.0642 e. The number of hydrogen-bond acceptors (Lipinski definition) is 3. The number of rotatable bonds is 4. The summed E-state index contributed by atoms with van der Waals surface area (Å²) in [5, 5.41) is 9.48. The zero-order valence-corrected chi connectivity index (χ0v) is 11.3. The molecule has 1 aromatic rings. The number of morpholine rings is 1. The van der Waals surface area contributed by atoms with E-state index < -0.39 is 0 Å². The van der Waals surface area contributed by atoms with E-state index in [4.69, 9.17) is 4.74 Å². The van der Waals surface area contributed by atoms with Crippen LogP contribution in [0.15, 0.2) is 24.3 Å². The molecule has 2 rings (SSSR count). The Morgan fingerprint density at radius 3 is 2.67 bits per heavy atom. The first-order valence-corrected chi connectivity index (χ1v) is 6.77. The van der Waals surface area contributed by atoms with Crippen molar-refractivity contribution in [3.05, 3.63) is 29.8 Å². The Bertz CT molecular complexity index is 373. The van der Waals surface area contributed by atoms with Crippen molar-refractivity contribution in [3.63, 3.8) is 0 Å². The molecule has 0 bridgehead atoms. The van der Waals surface area contributed by atoms with E-state index in [-0.39, 0.29) is 6.10 Å². The standard InChI is InChI=1S/C15H23NO2/c1-12(10-13(2)17)14-4-3-5-15(11-14)16-6-8-18-9-7-16/h3-5,11-13,17H,6-10H2,1-2H3. The molecule has 0 saturated carbocycles. The lowest BCUT2D eigenvalue weighted by Crippen LogP contribution is -2.36. The van der Waals surface area contributed by atoms with Crippen LogP contribution >= 0.6 is 0 Å². The van der Waals surface area contributed by atoms with E-state index in [2.05, 4.69) is 36.1 Å². The van der Waals surface area contributed by atoms with Gasteiger partial charge >= 0.3 is 0 Å². The molecule has 2 unspecified atom stereocenters. The molecule has 0 aliphatic carbocycles. The molecule has 1 aliphatic heterocycles. The lowest BCUT2D eigenvalue weighted by atomic mass is 9.95. The van der Waals surface area contributed by atoms with Crippen molar-refractivity contribution in [1.29, 1.82) is 0 Å². The molecule has 2 atom stereocenters. The fraction of sp³-hybridized carbons (Fsp3) is 0.600. The molecule has 18 heavy (non-hydrogen) atoms. The highest BCUT2D eigenvalue weighted by molar-refractivity contribution is 5.49. The summed E-state index contributed by atoms with van der Waals surface area (Å²) >= 11 is 0. The molecular formula is C15H23NO2. The van der Waals surface area contributed by atoms with Crippen molar-refractivity contribution in [1.82, 2.24) is 0 Å². The van der Waals surface area contributed by atoms with Crippen molar-refractivity contribution in [3.8, 4) is 0 Å². The molecule has 0 amide bonds. The van der Waals surface area contributed by atoms with E-state index in [0.29, 0.717) is 5.92 Å². The van der Waals surface area contributed by atoms with Crippen LogP contribution in [-0.4, -0.2) is 37.5 Å². The van der Waals surface area contributed by atoms with E-state index in [1.807, 2.05) is 6.92 Å². The fourth-order valence-electron chi connectivity index (χ4n) is 2.50. The highest BCUT2D eigenvalue weighted by atomic mass is 16.5. The second-order valence-corrected chi connectivity index (χ2v) is 5.18.